The molecule has 4 heteroatoms. The summed E-state index contributed by atoms with van der Waals surface area (Å²) >= 11 is 0. The molecule has 0 unspecified atom stereocenters. The van der Waals surface area contributed by atoms with E-state index in [1.165, 1.54) is 23.8 Å². The van der Waals surface area contributed by atoms with Gasteiger partial charge < -0.3 is 14.4 Å². The van der Waals surface area contributed by atoms with Gasteiger partial charge in [0.15, 0.2) is 0 Å². The van der Waals surface area contributed by atoms with E-state index in [1.807, 2.05) is 24.3 Å². The van der Waals surface area contributed by atoms with Crippen molar-refractivity contribution in [2.75, 3.05) is 7.11 Å². The van der Waals surface area contributed by atoms with E-state index in [-0.39, 0.29) is 11.7 Å². The standard InChI is InChI=1S/C31H29NO3/c1-20(2)24-17-27-30(28(33)18-24)29-25(31(34)35-3)14-9-15-26(29)32(27)19-23-13-8-7-12-22(23)16-21-10-5-4-6-11-21/h4-15,17-18,20,33H,16,19H2,1-3H3. The molecule has 0 fully saturated rings. The molecule has 0 amide bonds. The van der Waals surface area contributed by atoms with Gasteiger partial charge in [-0.05, 0) is 58.9 Å². The van der Waals surface area contributed by atoms with Gasteiger partial charge in [-0.2, -0.15) is 0 Å². The molecule has 0 saturated carbocycles. The number of rotatable bonds is 6. The molecule has 5 aromatic rings. The topological polar surface area (TPSA) is 51.5 Å². The number of methoxy groups -OCH3 is 1. The van der Waals surface area contributed by atoms with Gasteiger partial charge in [-0.1, -0.05) is 74.5 Å². The van der Waals surface area contributed by atoms with Crippen LogP contribution in [-0.2, 0) is 17.7 Å². The Morgan fingerprint density at radius 1 is 0.857 bits per heavy atom. The summed E-state index contributed by atoms with van der Waals surface area (Å²) in [6.07, 6.45) is 0.837. The average Bonchev–Trinajstić information content (AvgIpc) is 3.19. The highest BCUT2D eigenvalue weighted by Gasteiger charge is 2.22. The maximum Gasteiger partial charge on any atom is 0.338 e. The van der Waals surface area contributed by atoms with Crippen molar-refractivity contribution in [2.24, 2.45) is 0 Å². The van der Waals surface area contributed by atoms with Crippen molar-refractivity contribution in [3.8, 4) is 5.75 Å². The number of hydrogen-bond donors (Lipinski definition) is 1. The Morgan fingerprint density at radius 3 is 2.29 bits per heavy atom. The molecule has 0 aliphatic carbocycles. The zero-order chi connectivity index (χ0) is 24.5. The molecule has 0 bridgehead atoms. The lowest BCUT2D eigenvalue weighted by Crippen LogP contribution is -2.05. The third-order valence-corrected chi connectivity index (χ3v) is 6.75. The molecule has 0 aliphatic rings. The first kappa shape index (κ1) is 22.7. The number of carbonyl (C=O) groups is 1. The van der Waals surface area contributed by atoms with Crippen molar-refractivity contribution in [3.63, 3.8) is 0 Å². The molecule has 1 N–H and O–H groups in total. The van der Waals surface area contributed by atoms with Crippen LogP contribution in [0.15, 0.2) is 84.9 Å². The number of phenolic OH excluding ortho intramolecular Hbond substituents is 1. The number of carbonyl (C=O) groups excluding carboxylic acids is 1. The number of phenols is 1. The molecule has 0 radical (unpaired) electrons. The average molecular weight is 464 g/mol. The van der Waals surface area contributed by atoms with Crippen LogP contribution in [-0.4, -0.2) is 22.8 Å². The summed E-state index contributed by atoms with van der Waals surface area (Å²) < 4.78 is 7.29. The van der Waals surface area contributed by atoms with E-state index >= 15 is 0 Å². The first-order valence-corrected chi connectivity index (χ1v) is 11.9. The van der Waals surface area contributed by atoms with Crippen molar-refractivity contribution in [3.05, 3.63) is 113 Å². The van der Waals surface area contributed by atoms with Gasteiger partial charge >= 0.3 is 5.97 Å². The van der Waals surface area contributed by atoms with Gasteiger partial charge in [-0.3, -0.25) is 0 Å². The smallest absolute Gasteiger partial charge is 0.338 e. The van der Waals surface area contributed by atoms with E-state index in [0.29, 0.717) is 17.5 Å². The zero-order valence-electron chi connectivity index (χ0n) is 20.3. The molecule has 1 aromatic heterocycles. The first-order chi connectivity index (χ1) is 17.0. The van der Waals surface area contributed by atoms with Crippen molar-refractivity contribution in [2.45, 2.75) is 32.7 Å². The van der Waals surface area contributed by atoms with E-state index in [9.17, 15) is 9.90 Å². The van der Waals surface area contributed by atoms with Crippen LogP contribution in [0.1, 0.15) is 52.4 Å². The molecule has 1 heterocycles. The Hall–Kier alpha value is -4.05. The van der Waals surface area contributed by atoms with E-state index in [2.05, 4.69) is 73.0 Å². The highest BCUT2D eigenvalue weighted by molar-refractivity contribution is 6.19. The van der Waals surface area contributed by atoms with Gasteiger partial charge in [0.2, 0.25) is 0 Å². The zero-order valence-corrected chi connectivity index (χ0v) is 20.3. The Balaban J connectivity index is 1.74. The molecule has 4 aromatic carbocycles. The summed E-state index contributed by atoms with van der Waals surface area (Å²) in [5.41, 5.74) is 7.03. The predicted molar refractivity (Wildman–Crippen MR) is 141 cm³/mol. The number of aromatic hydroxyl groups is 1. The number of esters is 1. The monoisotopic (exact) mass is 463 g/mol. The fourth-order valence-corrected chi connectivity index (χ4v) is 4.91. The van der Waals surface area contributed by atoms with Crippen LogP contribution < -0.4 is 0 Å². The third kappa shape index (κ3) is 4.17. The van der Waals surface area contributed by atoms with Crippen molar-refractivity contribution >= 4 is 27.8 Å². The Morgan fingerprint density at radius 2 is 1.57 bits per heavy atom. The fraction of sp³-hybridized carbons (Fsp3) is 0.194. The van der Waals surface area contributed by atoms with Gasteiger partial charge in [0.05, 0.1) is 29.1 Å². The molecule has 5 rings (SSSR count). The first-order valence-electron chi connectivity index (χ1n) is 11.9. The summed E-state index contributed by atoms with van der Waals surface area (Å²) in [7, 11) is 1.39. The minimum atomic E-state index is -0.411. The Labute approximate surface area is 205 Å². The lowest BCUT2D eigenvalue weighted by atomic mass is 9.99. The predicted octanol–water partition coefficient (Wildman–Crippen LogP) is 7.05. The number of nitrogens with zero attached hydrogens (tertiary/aromatic N) is 1. The third-order valence-electron chi connectivity index (χ3n) is 6.75. The van der Waals surface area contributed by atoms with E-state index in [4.69, 9.17) is 4.74 Å². The maximum absolute atomic E-state index is 12.7. The number of hydrogen-bond acceptors (Lipinski definition) is 3. The van der Waals surface area contributed by atoms with Crippen molar-refractivity contribution in [1.82, 2.24) is 4.57 Å². The summed E-state index contributed by atoms with van der Waals surface area (Å²) in [4.78, 5) is 12.7. The molecule has 0 atom stereocenters. The SMILES string of the molecule is COC(=O)c1cccc2c1c1c(O)cc(C(C)C)cc1n2Cc1ccccc1Cc1ccccc1. The molecular weight excluding hydrogens is 434 g/mol. The van der Waals surface area contributed by atoms with Gasteiger partial charge in [0, 0.05) is 11.9 Å². The number of aromatic nitrogens is 1. The number of benzene rings is 4. The van der Waals surface area contributed by atoms with Gasteiger partial charge in [0.1, 0.15) is 5.75 Å². The molecular formula is C31H29NO3. The minimum Gasteiger partial charge on any atom is -0.507 e. The highest BCUT2D eigenvalue weighted by Crippen LogP contribution is 2.40. The Kier molecular flexibility index (Phi) is 6.04. The molecule has 0 spiro atoms. The van der Waals surface area contributed by atoms with E-state index in [1.54, 1.807) is 6.07 Å². The van der Waals surface area contributed by atoms with Gasteiger partial charge in [-0.15, -0.1) is 0 Å². The van der Waals surface area contributed by atoms with Crippen LogP contribution in [0.4, 0.5) is 0 Å². The quantitative estimate of drug-likeness (QED) is 0.275. The largest absolute Gasteiger partial charge is 0.507 e. The van der Waals surface area contributed by atoms with Crippen molar-refractivity contribution < 1.29 is 14.6 Å². The minimum absolute atomic E-state index is 0.184. The second-order valence-electron chi connectivity index (χ2n) is 9.30. The highest BCUT2D eigenvalue weighted by atomic mass is 16.5. The molecule has 0 saturated heterocycles. The molecule has 4 nitrogen and oxygen atoms in total. The van der Waals surface area contributed by atoms with Crippen LogP contribution in [0.2, 0.25) is 0 Å². The van der Waals surface area contributed by atoms with Crippen molar-refractivity contribution in [1.29, 1.82) is 0 Å². The normalized spacial score (nSPS) is 11.4. The molecule has 176 valence electrons. The van der Waals surface area contributed by atoms with Crippen LogP contribution in [0.25, 0.3) is 21.8 Å². The summed E-state index contributed by atoms with van der Waals surface area (Å²) in [5.74, 6) is 0.0255. The summed E-state index contributed by atoms with van der Waals surface area (Å²) in [5, 5.41) is 12.6. The van der Waals surface area contributed by atoms with E-state index in [0.717, 1.165) is 28.4 Å². The lowest BCUT2D eigenvalue weighted by Gasteiger charge is -2.14. The van der Waals surface area contributed by atoms with Gasteiger partial charge in [-0.25, -0.2) is 4.79 Å². The second kappa shape index (κ2) is 9.30. The van der Waals surface area contributed by atoms with Gasteiger partial charge in [0.25, 0.3) is 0 Å². The van der Waals surface area contributed by atoms with Crippen LogP contribution in [0, 0.1) is 0 Å². The van der Waals surface area contributed by atoms with Crippen LogP contribution >= 0.6 is 0 Å². The van der Waals surface area contributed by atoms with Crippen LogP contribution in [0.5, 0.6) is 5.75 Å². The summed E-state index contributed by atoms with van der Waals surface area (Å²) in [6.45, 7) is 4.85. The molecule has 35 heavy (non-hydrogen) atoms. The summed E-state index contributed by atoms with van der Waals surface area (Å²) in [6, 6.07) is 28.5. The van der Waals surface area contributed by atoms with Crippen LogP contribution in [0.3, 0.4) is 0 Å². The van der Waals surface area contributed by atoms with E-state index < -0.39 is 5.97 Å². The molecule has 0 aliphatic heterocycles. The lowest BCUT2D eigenvalue weighted by molar-refractivity contribution is 0.0603. The second-order valence-corrected chi connectivity index (χ2v) is 9.30. The fourth-order valence-electron chi connectivity index (χ4n) is 4.91. The maximum atomic E-state index is 12.7. The number of fused-ring (bicyclic) bond motifs is 3. The number of ether oxygens (including phenoxy) is 1. The Bertz CT molecular complexity index is 1530.